The first kappa shape index (κ1) is 10.3. The van der Waals surface area contributed by atoms with Crippen LogP contribution in [-0.2, 0) is 0 Å². The Kier molecular flexibility index (Phi) is 2.51. The fourth-order valence-corrected chi connectivity index (χ4v) is 2.27. The van der Waals surface area contributed by atoms with Crippen LogP contribution in [-0.4, -0.2) is 26.2 Å². The van der Waals surface area contributed by atoms with Gasteiger partial charge in [0.25, 0.3) is 0 Å². The van der Waals surface area contributed by atoms with Gasteiger partial charge in [0.05, 0.1) is 5.69 Å². The second kappa shape index (κ2) is 4.16. The average Bonchev–Trinajstić information content (AvgIpc) is 2.81. The van der Waals surface area contributed by atoms with Crippen molar-refractivity contribution >= 4 is 5.69 Å². The van der Waals surface area contributed by atoms with Crippen molar-refractivity contribution in [2.24, 2.45) is 5.92 Å². The molecule has 5 heteroatoms. The Labute approximate surface area is 99.8 Å². The minimum atomic E-state index is 0.620. The van der Waals surface area contributed by atoms with Crippen LogP contribution in [0.15, 0.2) is 30.6 Å². The zero-order valence-electron chi connectivity index (χ0n) is 9.74. The lowest BCUT2D eigenvalue weighted by Gasteiger charge is -2.34. The summed E-state index contributed by atoms with van der Waals surface area (Å²) in [6.07, 6.45) is 4.12. The van der Waals surface area contributed by atoms with Crippen LogP contribution >= 0.6 is 0 Å². The molecule has 0 saturated heterocycles. The van der Waals surface area contributed by atoms with Gasteiger partial charge in [0.15, 0.2) is 0 Å². The van der Waals surface area contributed by atoms with Crippen LogP contribution in [0.4, 0.5) is 5.69 Å². The standard InChI is InChI=1S/C12H15N5/c1-9-5-11(6-9)14-10-3-2-4-12(7-10)17-8-13-15-16-17/h2-4,7-9,11,14H,5-6H2,1H3. The predicted octanol–water partition coefficient (Wildman–Crippen LogP) is 1.87. The maximum atomic E-state index is 3.88. The Morgan fingerprint density at radius 3 is 2.94 bits per heavy atom. The molecule has 88 valence electrons. The van der Waals surface area contributed by atoms with E-state index in [-0.39, 0.29) is 0 Å². The molecule has 5 nitrogen and oxygen atoms in total. The summed E-state index contributed by atoms with van der Waals surface area (Å²) in [5.41, 5.74) is 2.11. The smallest absolute Gasteiger partial charge is 0.143 e. The Morgan fingerprint density at radius 1 is 1.35 bits per heavy atom. The molecule has 0 spiro atoms. The Bertz CT molecular complexity index is 487. The van der Waals surface area contributed by atoms with Gasteiger partial charge in [-0.05, 0) is 47.4 Å². The van der Waals surface area contributed by atoms with Crippen molar-refractivity contribution in [2.75, 3.05) is 5.32 Å². The third-order valence-corrected chi connectivity index (χ3v) is 3.20. The largest absolute Gasteiger partial charge is 0.382 e. The van der Waals surface area contributed by atoms with E-state index in [0.29, 0.717) is 6.04 Å². The van der Waals surface area contributed by atoms with Crippen molar-refractivity contribution in [3.63, 3.8) is 0 Å². The van der Waals surface area contributed by atoms with Crippen molar-refractivity contribution in [3.05, 3.63) is 30.6 Å². The molecule has 17 heavy (non-hydrogen) atoms. The highest BCUT2D eigenvalue weighted by Crippen LogP contribution is 2.29. The molecule has 1 saturated carbocycles. The van der Waals surface area contributed by atoms with E-state index in [1.54, 1.807) is 11.0 Å². The molecule has 1 fully saturated rings. The van der Waals surface area contributed by atoms with Gasteiger partial charge in [-0.3, -0.25) is 0 Å². The van der Waals surface area contributed by atoms with E-state index >= 15 is 0 Å². The number of aromatic nitrogens is 4. The van der Waals surface area contributed by atoms with Crippen LogP contribution in [0.25, 0.3) is 5.69 Å². The van der Waals surface area contributed by atoms with Gasteiger partial charge in [0.1, 0.15) is 6.33 Å². The molecular weight excluding hydrogens is 214 g/mol. The first-order valence-electron chi connectivity index (χ1n) is 5.91. The molecule has 0 unspecified atom stereocenters. The van der Waals surface area contributed by atoms with Crippen molar-refractivity contribution in [1.29, 1.82) is 0 Å². The summed E-state index contributed by atoms with van der Waals surface area (Å²) in [5, 5.41) is 14.7. The lowest BCUT2D eigenvalue weighted by Crippen LogP contribution is -2.33. The highest BCUT2D eigenvalue weighted by molar-refractivity contribution is 5.51. The molecule has 1 aliphatic carbocycles. The lowest BCUT2D eigenvalue weighted by molar-refractivity contribution is 0.309. The van der Waals surface area contributed by atoms with E-state index in [2.05, 4.69) is 39.9 Å². The van der Waals surface area contributed by atoms with E-state index < -0.39 is 0 Å². The summed E-state index contributed by atoms with van der Waals surface area (Å²) in [7, 11) is 0. The fraction of sp³-hybridized carbons (Fsp3) is 0.417. The van der Waals surface area contributed by atoms with Crippen LogP contribution in [0.5, 0.6) is 0 Å². The van der Waals surface area contributed by atoms with Crippen LogP contribution in [0, 0.1) is 5.92 Å². The number of hydrogen-bond donors (Lipinski definition) is 1. The number of anilines is 1. The van der Waals surface area contributed by atoms with E-state index in [1.165, 1.54) is 12.8 Å². The molecule has 1 aromatic heterocycles. The molecule has 1 aromatic carbocycles. The van der Waals surface area contributed by atoms with Crippen LogP contribution < -0.4 is 5.32 Å². The quantitative estimate of drug-likeness (QED) is 0.873. The maximum absolute atomic E-state index is 3.88. The van der Waals surface area contributed by atoms with Crippen molar-refractivity contribution < 1.29 is 0 Å². The maximum Gasteiger partial charge on any atom is 0.143 e. The molecule has 0 bridgehead atoms. The van der Waals surface area contributed by atoms with E-state index in [0.717, 1.165) is 17.3 Å². The Morgan fingerprint density at radius 2 is 2.24 bits per heavy atom. The van der Waals surface area contributed by atoms with Crippen molar-refractivity contribution in [3.8, 4) is 5.69 Å². The van der Waals surface area contributed by atoms with Crippen LogP contribution in [0.2, 0.25) is 0 Å². The molecular formula is C12H15N5. The fourth-order valence-electron chi connectivity index (χ4n) is 2.27. The molecule has 2 aromatic rings. The number of tetrazole rings is 1. The zero-order valence-corrected chi connectivity index (χ0v) is 9.74. The van der Waals surface area contributed by atoms with Gasteiger partial charge in [-0.2, -0.15) is 0 Å². The minimum Gasteiger partial charge on any atom is -0.382 e. The predicted molar refractivity (Wildman–Crippen MR) is 65.0 cm³/mol. The van der Waals surface area contributed by atoms with Crippen molar-refractivity contribution in [2.45, 2.75) is 25.8 Å². The van der Waals surface area contributed by atoms with Gasteiger partial charge in [-0.1, -0.05) is 13.0 Å². The second-order valence-electron chi connectivity index (χ2n) is 4.72. The summed E-state index contributed by atoms with van der Waals surface area (Å²) in [4.78, 5) is 0. The number of rotatable bonds is 3. The zero-order chi connectivity index (χ0) is 11.7. The number of nitrogens with zero attached hydrogens (tertiary/aromatic N) is 4. The van der Waals surface area contributed by atoms with Gasteiger partial charge in [-0.25, -0.2) is 4.68 Å². The molecule has 0 aliphatic heterocycles. The topological polar surface area (TPSA) is 55.6 Å². The van der Waals surface area contributed by atoms with Gasteiger partial charge in [0.2, 0.25) is 0 Å². The number of benzene rings is 1. The van der Waals surface area contributed by atoms with Gasteiger partial charge in [0, 0.05) is 11.7 Å². The van der Waals surface area contributed by atoms with Gasteiger partial charge < -0.3 is 5.32 Å². The third-order valence-electron chi connectivity index (χ3n) is 3.20. The summed E-state index contributed by atoms with van der Waals surface area (Å²) >= 11 is 0. The Balaban J connectivity index is 1.75. The summed E-state index contributed by atoms with van der Waals surface area (Å²) in [6.45, 7) is 2.29. The van der Waals surface area contributed by atoms with Crippen LogP contribution in [0.1, 0.15) is 19.8 Å². The first-order valence-corrected chi connectivity index (χ1v) is 5.91. The highest BCUT2D eigenvalue weighted by Gasteiger charge is 2.24. The molecule has 0 atom stereocenters. The van der Waals surface area contributed by atoms with Crippen LogP contribution in [0.3, 0.4) is 0 Å². The van der Waals surface area contributed by atoms with Crippen molar-refractivity contribution in [1.82, 2.24) is 20.2 Å². The summed E-state index contributed by atoms with van der Waals surface area (Å²) in [5.74, 6) is 0.857. The lowest BCUT2D eigenvalue weighted by atomic mass is 9.82. The monoisotopic (exact) mass is 229 g/mol. The normalized spacial score (nSPS) is 23.1. The SMILES string of the molecule is CC1CC(Nc2cccc(-n3cnnn3)c2)C1. The first-order chi connectivity index (χ1) is 8.31. The van der Waals surface area contributed by atoms with E-state index in [4.69, 9.17) is 0 Å². The third kappa shape index (κ3) is 2.13. The molecule has 1 N–H and O–H groups in total. The summed E-state index contributed by atoms with van der Waals surface area (Å²) in [6, 6.07) is 8.77. The molecule has 1 aliphatic rings. The molecule has 1 heterocycles. The van der Waals surface area contributed by atoms with E-state index in [9.17, 15) is 0 Å². The summed E-state index contributed by atoms with van der Waals surface area (Å²) < 4.78 is 1.66. The van der Waals surface area contributed by atoms with E-state index in [1.807, 2.05) is 12.1 Å². The average molecular weight is 229 g/mol. The second-order valence-corrected chi connectivity index (χ2v) is 4.72. The minimum absolute atomic E-state index is 0.620. The number of nitrogens with one attached hydrogen (secondary N) is 1. The number of hydrogen-bond acceptors (Lipinski definition) is 4. The molecule has 0 radical (unpaired) electrons. The molecule has 3 rings (SSSR count). The molecule has 0 amide bonds. The van der Waals surface area contributed by atoms with Gasteiger partial charge in [-0.15, -0.1) is 5.10 Å². The Hall–Kier alpha value is -1.91. The van der Waals surface area contributed by atoms with Gasteiger partial charge >= 0.3 is 0 Å². The highest BCUT2D eigenvalue weighted by atomic mass is 15.5.